The van der Waals surface area contributed by atoms with Crippen LogP contribution >= 0.6 is 11.3 Å². The first-order valence-electron chi connectivity index (χ1n) is 12.0. The highest BCUT2D eigenvalue weighted by Gasteiger charge is 2.51. The Balaban J connectivity index is 0.000000454. The van der Waals surface area contributed by atoms with Crippen LogP contribution in [0.1, 0.15) is 37.3 Å². The van der Waals surface area contributed by atoms with E-state index in [4.69, 9.17) is 9.90 Å². The minimum Gasteiger partial charge on any atom is -0.475 e. The maximum absolute atomic E-state index is 13.8. The van der Waals surface area contributed by atoms with Crippen molar-refractivity contribution in [3.8, 4) is 0 Å². The van der Waals surface area contributed by atoms with E-state index in [9.17, 15) is 18.0 Å². The van der Waals surface area contributed by atoms with Gasteiger partial charge in [0.05, 0.1) is 11.9 Å². The number of halogens is 3. The van der Waals surface area contributed by atoms with E-state index in [0.29, 0.717) is 5.92 Å². The lowest BCUT2D eigenvalue weighted by molar-refractivity contribution is -0.192. The van der Waals surface area contributed by atoms with Gasteiger partial charge in [-0.25, -0.2) is 4.79 Å². The number of alkyl halides is 3. The van der Waals surface area contributed by atoms with Crippen molar-refractivity contribution in [3.05, 3.63) is 46.4 Å². The molecule has 1 spiro atoms. The highest BCUT2D eigenvalue weighted by molar-refractivity contribution is 7.09. The number of anilines is 1. The molecule has 1 N–H and O–H groups in total. The molecule has 0 aliphatic carbocycles. The first kappa shape index (κ1) is 28.1. The highest BCUT2D eigenvalue weighted by Crippen LogP contribution is 2.36. The van der Waals surface area contributed by atoms with Gasteiger partial charge in [-0.05, 0) is 49.3 Å². The molecule has 4 rings (SSSR count). The van der Waals surface area contributed by atoms with Gasteiger partial charge in [0.2, 0.25) is 5.91 Å². The van der Waals surface area contributed by atoms with Gasteiger partial charge in [-0.2, -0.15) is 13.2 Å². The number of piperazine rings is 1. The van der Waals surface area contributed by atoms with Crippen molar-refractivity contribution in [2.75, 3.05) is 37.6 Å². The van der Waals surface area contributed by atoms with Crippen LogP contribution in [-0.4, -0.2) is 76.2 Å². The van der Waals surface area contributed by atoms with Crippen molar-refractivity contribution in [1.29, 1.82) is 0 Å². The molecule has 0 aromatic carbocycles. The van der Waals surface area contributed by atoms with Crippen LogP contribution in [0.3, 0.4) is 0 Å². The molecule has 2 aromatic rings. The second-order valence-electron chi connectivity index (χ2n) is 9.64. The number of piperidine rings is 1. The highest BCUT2D eigenvalue weighted by atomic mass is 32.1. The maximum atomic E-state index is 13.8. The fourth-order valence-corrected chi connectivity index (χ4v) is 5.48. The summed E-state index contributed by atoms with van der Waals surface area (Å²) in [6, 6.07) is 8.36. The summed E-state index contributed by atoms with van der Waals surface area (Å²) in [6.45, 7) is 12.1. The quantitative estimate of drug-likeness (QED) is 0.622. The Labute approximate surface area is 213 Å². The molecule has 0 bridgehead atoms. The predicted molar refractivity (Wildman–Crippen MR) is 133 cm³/mol. The average molecular weight is 527 g/mol. The van der Waals surface area contributed by atoms with Gasteiger partial charge in [0.25, 0.3) is 0 Å². The van der Waals surface area contributed by atoms with Crippen molar-refractivity contribution < 1.29 is 27.9 Å². The number of amides is 1. The summed E-state index contributed by atoms with van der Waals surface area (Å²) in [7, 11) is 0. The summed E-state index contributed by atoms with van der Waals surface area (Å²) >= 11 is 1.82. The zero-order chi connectivity index (χ0) is 26.5. The molecule has 0 radical (unpaired) electrons. The first-order valence-corrected chi connectivity index (χ1v) is 12.8. The van der Waals surface area contributed by atoms with Crippen molar-refractivity contribution >= 4 is 28.9 Å². The topological polar surface area (TPSA) is 77.0 Å². The lowest BCUT2D eigenvalue weighted by Gasteiger charge is -2.53. The van der Waals surface area contributed by atoms with Crippen LogP contribution in [-0.2, 0) is 16.1 Å². The van der Waals surface area contributed by atoms with Crippen LogP contribution in [0.5, 0.6) is 0 Å². The lowest BCUT2D eigenvalue weighted by Crippen LogP contribution is -2.69. The maximum Gasteiger partial charge on any atom is 0.490 e. The first-order chi connectivity index (χ1) is 16.9. The number of carbonyl (C=O) groups excluding carboxylic acids is 1. The van der Waals surface area contributed by atoms with Crippen molar-refractivity contribution in [2.45, 2.75) is 51.9 Å². The molecule has 2 saturated heterocycles. The van der Waals surface area contributed by atoms with E-state index >= 15 is 0 Å². The van der Waals surface area contributed by atoms with Gasteiger partial charge in [-0.3, -0.25) is 19.6 Å². The predicted octanol–water partition coefficient (Wildman–Crippen LogP) is 4.42. The molecule has 2 fully saturated rings. The normalized spacial score (nSPS) is 18.9. The minimum absolute atomic E-state index is 0.269. The number of hydrogen-bond acceptors (Lipinski definition) is 6. The Morgan fingerprint density at radius 1 is 1.17 bits per heavy atom. The van der Waals surface area contributed by atoms with E-state index in [1.54, 1.807) is 0 Å². The van der Waals surface area contributed by atoms with E-state index in [0.717, 1.165) is 63.5 Å². The molecule has 2 aliphatic rings. The summed E-state index contributed by atoms with van der Waals surface area (Å²) < 4.78 is 31.7. The summed E-state index contributed by atoms with van der Waals surface area (Å²) in [5.74, 6) is -1.94. The molecule has 4 heterocycles. The molecule has 1 amide bonds. The minimum atomic E-state index is -5.08. The molecule has 2 aromatic heterocycles. The number of thiophene rings is 1. The van der Waals surface area contributed by atoms with Gasteiger partial charge >= 0.3 is 12.1 Å². The molecule has 11 heteroatoms. The third-order valence-corrected chi connectivity index (χ3v) is 7.38. The Bertz CT molecular complexity index is 1000. The molecule has 0 saturated carbocycles. The Hall–Kier alpha value is -2.50. The van der Waals surface area contributed by atoms with Crippen LogP contribution < -0.4 is 4.90 Å². The monoisotopic (exact) mass is 526 g/mol. The van der Waals surface area contributed by atoms with E-state index in [1.165, 1.54) is 4.88 Å². The molecular formula is C25H33F3N4O3S. The van der Waals surface area contributed by atoms with Gasteiger partial charge in [-0.15, -0.1) is 11.3 Å². The van der Waals surface area contributed by atoms with Crippen LogP contribution in [0.15, 0.2) is 35.8 Å². The lowest BCUT2D eigenvalue weighted by atomic mass is 9.81. The van der Waals surface area contributed by atoms with Gasteiger partial charge in [0.15, 0.2) is 0 Å². The zero-order valence-corrected chi connectivity index (χ0v) is 21.6. The number of carboxylic acids is 1. The number of hydrogen-bond donors (Lipinski definition) is 1. The Morgan fingerprint density at radius 2 is 1.83 bits per heavy atom. The second-order valence-corrected chi connectivity index (χ2v) is 10.7. The molecule has 0 unspecified atom stereocenters. The summed E-state index contributed by atoms with van der Waals surface area (Å²) in [5, 5.41) is 9.27. The van der Waals surface area contributed by atoms with Crippen molar-refractivity contribution in [3.63, 3.8) is 0 Å². The summed E-state index contributed by atoms with van der Waals surface area (Å²) in [5.41, 5.74) is 1.54. The number of carbonyl (C=O) groups is 2. The number of carboxylic acid groups (broad SMARTS) is 1. The number of likely N-dealkylation sites (tertiary alicyclic amines) is 1. The average Bonchev–Trinajstić information content (AvgIpc) is 3.32. The Morgan fingerprint density at radius 3 is 2.33 bits per heavy atom. The number of aliphatic carboxylic acids is 1. The molecular weight excluding hydrogens is 493 g/mol. The number of pyridine rings is 1. The van der Waals surface area contributed by atoms with Gasteiger partial charge in [0.1, 0.15) is 5.54 Å². The molecule has 36 heavy (non-hydrogen) atoms. The van der Waals surface area contributed by atoms with Gasteiger partial charge in [0, 0.05) is 49.8 Å². The third kappa shape index (κ3) is 6.83. The number of rotatable bonds is 5. The van der Waals surface area contributed by atoms with E-state index in [-0.39, 0.29) is 11.4 Å². The van der Waals surface area contributed by atoms with Crippen LogP contribution in [0.4, 0.5) is 18.9 Å². The fourth-order valence-electron chi connectivity index (χ4n) is 4.73. The van der Waals surface area contributed by atoms with E-state index < -0.39 is 12.1 Å². The van der Waals surface area contributed by atoms with Crippen LogP contribution in [0, 0.1) is 12.8 Å². The number of aromatic nitrogens is 1. The van der Waals surface area contributed by atoms with E-state index in [2.05, 4.69) is 46.1 Å². The van der Waals surface area contributed by atoms with Gasteiger partial charge < -0.3 is 10.0 Å². The summed E-state index contributed by atoms with van der Waals surface area (Å²) in [6.07, 6.45) is -1.43. The van der Waals surface area contributed by atoms with Gasteiger partial charge in [-0.1, -0.05) is 19.9 Å². The van der Waals surface area contributed by atoms with Crippen LogP contribution in [0.2, 0.25) is 0 Å². The SMILES string of the molecule is Cc1ccc(N2CCN(CC(C)C)C3(CCN(Cc4cccs4)CC3)C2=O)cn1.O=C(O)C(F)(F)F. The second kappa shape index (κ2) is 11.7. The zero-order valence-electron chi connectivity index (χ0n) is 20.8. The Kier molecular flexibility index (Phi) is 9.13. The molecule has 7 nitrogen and oxygen atoms in total. The van der Waals surface area contributed by atoms with E-state index in [1.807, 2.05) is 41.5 Å². The number of aryl methyl sites for hydroxylation is 1. The molecule has 2 aliphatic heterocycles. The van der Waals surface area contributed by atoms with Crippen LogP contribution in [0.25, 0.3) is 0 Å². The standard InChI is InChI=1S/C23H32N4OS.C2HF3O2/c1-18(2)16-26-12-13-27(20-7-6-19(3)24-15-20)22(28)23(26)8-10-25(11-9-23)17-21-5-4-14-29-21;3-2(4,5)1(6)7/h4-7,14-15,18H,8-13,16-17H2,1-3H3;(H,6,7). The largest absolute Gasteiger partial charge is 0.490 e. The smallest absolute Gasteiger partial charge is 0.475 e. The van der Waals surface area contributed by atoms with Crippen molar-refractivity contribution in [1.82, 2.24) is 14.8 Å². The number of nitrogens with zero attached hydrogens (tertiary/aromatic N) is 4. The molecule has 198 valence electrons. The van der Waals surface area contributed by atoms with Crippen molar-refractivity contribution in [2.24, 2.45) is 5.92 Å². The third-order valence-electron chi connectivity index (χ3n) is 6.52. The fraction of sp³-hybridized carbons (Fsp3) is 0.560. The molecule has 0 atom stereocenters. The summed E-state index contributed by atoms with van der Waals surface area (Å²) in [4.78, 5) is 35.5.